The van der Waals surface area contributed by atoms with E-state index >= 15 is 0 Å². The van der Waals surface area contributed by atoms with Crippen molar-refractivity contribution in [2.24, 2.45) is 11.7 Å². The predicted molar refractivity (Wildman–Crippen MR) is 109 cm³/mol. The van der Waals surface area contributed by atoms with Crippen molar-refractivity contribution >= 4 is 11.6 Å². The van der Waals surface area contributed by atoms with Crippen molar-refractivity contribution in [1.82, 2.24) is 9.80 Å². The first-order valence-electron chi connectivity index (χ1n) is 10.2. The van der Waals surface area contributed by atoms with E-state index in [1.165, 1.54) is 0 Å². The Balaban J connectivity index is 1.43. The number of hydrogen-bond donors (Lipinski definition) is 2. The Bertz CT molecular complexity index is 609. The zero-order valence-corrected chi connectivity index (χ0v) is 16.7. The Labute approximate surface area is 163 Å². The Morgan fingerprint density at radius 2 is 1.93 bits per heavy atom. The number of anilines is 1. The highest BCUT2D eigenvalue weighted by Gasteiger charge is 2.37. The standard InChI is InChI=1S/C21H34N4O2/c1-21(22)10-4-3-5-19(21)20(26)23-17-6-8-18(9-7-17)27-16-15-25-13-11-24(2)12-14-25/h6-9,19H,3-5,10-16,22H2,1-2H3,(H,23,26). The summed E-state index contributed by atoms with van der Waals surface area (Å²) >= 11 is 0. The molecule has 1 aromatic carbocycles. The fourth-order valence-electron chi connectivity index (χ4n) is 4.02. The van der Waals surface area contributed by atoms with Gasteiger partial charge in [-0.05, 0) is 51.1 Å². The van der Waals surface area contributed by atoms with Crippen molar-refractivity contribution in [3.63, 3.8) is 0 Å². The van der Waals surface area contributed by atoms with Crippen LogP contribution in [0, 0.1) is 5.92 Å². The van der Waals surface area contributed by atoms with Gasteiger partial charge in [0.1, 0.15) is 12.4 Å². The fraction of sp³-hybridized carbons (Fsp3) is 0.667. The minimum Gasteiger partial charge on any atom is -0.492 e. The maximum atomic E-state index is 12.6. The molecule has 1 saturated carbocycles. The molecule has 27 heavy (non-hydrogen) atoms. The second-order valence-electron chi connectivity index (χ2n) is 8.31. The number of nitrogens with zero attached hydrogens (tertiary/aromatic N) is 2. The molecule has 3 N–H and O–H groups in total. The quantitative estimate of drug-likeness (QED) is 0.798. The van der Waals surface area contributed by atoms with Gasteiger partial charge in [-0.1, -0.05) is 12.8 Å². The number of hydrogen-bond acceptors (Lipinski definition) is 5. The molecule has 0 radical (unpaired) electrons. The molecule has 0 bridgehead atoms. The van der Waals surface area contributed by atoms with Gasteiger partial charge in [-0.2, -0.15) is 0 Å². The first-order chi connectivity index (χ1) is 12.9. The summed E-state index contributed by atoms with van der Waals surface area (Å²) in [5, 5.41) is 3.02. The maximum Gasteiger partial charge on any atom is 0.229 e. The van der Waals surface area contributed by atoms with E-state index in [0.29, 0.717) is 6.61 Å². The maximum absolute atomic E-state index is 12.6. The number of likely N-dealkylation sites (N-methyl/N-ethyl adjacent to an activating group) is 1. The Hall–Kier alpha value is -1.63. The number of piperazine rings is 1. The third kappa shape index (κ3) is 5.67. The van der Waals surface area contributed by atoms with Gasteiger partial charge in [-0.15, -0.1) is 0 Å². The lowest BCUT2D eigenvalue weighted by atomic mass is 9.74. The van der Waals surface area contributed by atoms with E-state index in [9.17, 15) is 4.79 Å². The van der Waals surface area contributed by atoms with Gasteiger partial charge in [-0.25, -0.2) is 0 Å². The van der Waals surface area contributed by atoms with Gasteiger partial charge in [0.05, 0.1) is 5.92 Å². The summed E-state index contributed by atoms with van der Waals surface area (Å²) < 4.78 is 5.86. The average Bonchev–Trinajstić information content (AvgIpc) is 2.64. The summed E-state index contributed by atoms with van der Waals surface area (Å²) in [4.78, 5) is 17.4. The number of carbonyl (C=O) groups excluding carboxylic acids is 1. The van der Waals surface area contributed by atoms with Crippen molar-refractivity contribution in [3.8, 4) is 5.75 Å². The molecule has 1 amide bonds. The lowest BCUT2D eigenvalue weighted by molar-refractivity contribution is -0.122. The molecular formula is C21H34N4O2. The number of amides is 1. The third-order valence-electron chi connectivity index (χ3n) is 5.96. The van der Waals surface area contributed by atoms with Gasteiger partial charge >= 0.3 is 0 Å². The molecule has 1 aliphatic heterocycles. The van der Waals surface area contributed by atoms with Crippen molar-refractivity contribution in [1.29, 1.82) is 0 Å². The van der Waals surface area contributed by atoms with Crippen LogP contribution in [0.3, 0.4) is 0 Å². The number of benzene rings is 1. The van der Waals surface area contributed by atoms with Gasteiger partial charge in [0.2, 0.25) is 5.91 Å². The first-order valence-corrected chi connectivity index (χ1v) is 10.2. The topological polar surface area (TPSA) is 70.8 Å². The molecule has 6 nitrogen and oxygen atoms in total. The zero-order valence-electron chi connectivity index (χ0n) is 16.7. The molecule has 1 aromatic rings. The number of nitrogens with one attached hydrogen (secondary N) is 1. The molecule has 1 aliphatic carbocycles. The summed E-state index contributed by atoms with van der Waals surface area (Å²) in [6, 6.07) is 7.64. The molecule has 150 valence electrons. The van der Waals surface area contributed by atoms with Crippen LogP contribution in [0.15, 0.2) is 24.3 Å². The van der Waals surface area contributed by atoms with Crippen LogP contribution in [0.4, 0.5) is 5.69 Å². The number of rotatable bonds is 6. The largest absolute Gasteiger partial charge is 0.492 e. The SMILES string of the molecule is CN1CCN(CCOc2ccc(NC(=O)C3CCCCC3(C)N)cc2)CC1. The monoisotopic (exact) mass is 374 g/mol. The van der Waals surface area contributed by atoms with Crippen molar-refractivity contribution in [2.45, 2.75) is 38.1 Å². The van der Waals surface area contributed by atoms with Crippen LogP contribution in [0.2, 0.25) is 0 Å². The van der Waals surface area contributed by atoms with Crippen molar-refractivity contribution in [3.05, 3.63) is 24.3 Å². The number of ether oxygens (including phenoxy) is 1. The van der Waals surface area contributed by atoms with Crippen molar-refractivity contribution in [2.75, 3.05) is 51.7 Å². The van der Waals surface area contributed by atoms with E-state index < -0.39 is 5.54 Å². The van der Waals surface area contributed by atoms with E-state index in [0.717, 1.165) is 69.8 Å². The number of carbonyl (C=O) groups is 1. The highest BCUT2D eigenvalue weighted by Crippen LogP contribution is 2.32. The first kappa shape index (κ1) is 20.1. The lowest BCUT2D eigenvalue weighted by Crippen LogP contribution is -2.51. The predicted octanol–water partition coefficient (Wildman–Crippen LogP) is 2.16. The molecule has 3 rings (SSSR count). The summed E-state index contributed by atoms with van der Waals surface area (Å²) in [6.45, 7) is 8.08. The fourth-order valence-corrected chi connectivity index (χ4v) is 4.02. The minimum absolute atomic E-state index is 0.0310. The summed E-state index contributed by atoms with van der Waals surface area (Å²) in [5.74, 6) is 0.748. The van der Waals surface area contributed by atoms with Crippen LogP contribution in [-0.2, 0) is 4.79 Å². The molecule has 2 atom stereocenters. The molecule has 0 spiro atoms. The average molecular weight is 375 g/mol. The van der Waals surface area contributed by atoms with Crippen molar-refractivity contribution < 1.29 is 9.53 Å². The molecular weight excluding hydrogens is 340 g/mol. The molecule has 1 heterocycles. The molecule has 1 saturated heterocycles. The van der Waals surface area contributed by atoms with Gasteiger partial charge in [0.15, 0.2) is 0 Å². The summed E-state index contributed by atoms with van der Waals surface area (Å²) in [7, 11) is 2.16. The molecule has 6 heteroatoms. The highest BCUT2D eigenvalue weighted by atomic mass is 16.5. The van der Waals surface area contributed by atoms with E-state index in [4.69, 9.17) is 10.5 Å². The van der Waals surface area contributed by atoms with Gasteiger partial charge < -0.3 is 20.7 Å². The number of nitrogens with two attached hydrogens (primary N) is 1. The molecule has 2 fully saturated rings. The van der Waals surface area contributed by atoms with Crippen LogP contribution in [0.5, 0.6) is 5.75 Å². The second kappa shape index (κ2) is 9.04. The smallest absolute Gasteiger partial charge is 0.229 e. The minimum atomic E-state index is -0.408. The molecule has 2 unspecified atom stereocenters. The van der Waals surface area contributed by atoms with Crippen LogP contribution in [-0.4, -0.2) is 67.6 Å². The van der Waals surface area contributed by atoms with Crippen LogP contribution in [0.1, 0.15) is 32.6 Å². The Morgan fingerprint density at radius 3 is 2.59 bits per heavy atom. The van der Waals surface area contributed by atoms with Gasteiger partial charge in [0.25, 0.3) is 0 Å². The van der Waals surface area contributed by atoms with E-state index in [1.807, 2.05) is 31.2 Å². The summed E-state index contributed by atoms with van der Waals surface area (Å²) in [5.41, 5.74) is 6.73. The van der Waals surface area contributed by atoms with Crippen LogP contribution in [0.25, 0.3) is 0 Å². The van der Waals surface area contributed by atoms with Gasteiger partial charge in [-0.3, -0.25) is 9.69 Å². The normalized spacial score (nSPS) is 27.3. The second-order valence-corrected chi connectivity index (χ2v) is 8.31. The molecule has 2 aliphatic rings. The molecule has 0 aromatic heterocycles. The van der Waals surface area contributed by atoms with Gasteiger partial charge in [0, 0.05) is 44.0 Å². The summed E-state index contributed by atoms with van der Waals surface area (Å²) in [6.07, 6.45) is 3.96. The zero-order chi connectivity index (χ0) is 19.3. The van der Waals surface area contributed by atoms with Crippen LogP contribution < -0.4 is 15.8 Å². The highest BCUT2D eigenvalue weighted by molar-refractivity contribution is 5.93. The van der Waals surface area contributed by atoms with E-state index in [-0.39, 0.29) is 11.8 Å². The Morgan fingerprint density at radius 1 is 1.22 bits per heavy atom. The van der Waals surface area contributed by atoms with Crippen LogP contribution >= 0.6 is 0 Å². The van der Waals surface area contributed by atoms with E-state index in [1.54, 1.807) is 0 Å². The third-order valence-corrected chi connectivity index (χ3v) is 5.96. The Kier molecular flexibility index (Phi) is 6.73. The van der Waals surface area contributed by atoms with E-state index in [2.05, 4.69) is 22.2 Å². The lowest BCUT2D eigenvalue weighted by Gasteiger charge is -2.37.